The maximum absolute atomic E-state index is 10.6. The average molecular weight is 352 g/mol. The monoisotopic (exact) mass is 352 g/mol. The molecule has 2 aliphatic heterocycles. The molecule has 7 heteroatoms. The third-order valence-electron chi connectivity index (χ3n) is 4.55. The van der Waals surface area contributed by atoms with E-state index in [9.17, 15) is 5.11 Å². The van der Waals surface area contributed by atoms with Crippen LogP contribution >= 0.6 is 0 Å². The lowest BCUT2D eigenvalue weighted by molar-refractivity contribution is 0.171. The van der Waals surface area contributed by atoms with Crippen LogP contribution < -0.4 is 18.9 Å². The fourth-order valence-corrected chi connectivity index (χ4v) is 3.32. The number of aromatic amines is 1. The highest BCUT2D eigenvalue weighted by molar-refractivity contribution is 5.87. The Bertz CT molecular complexity index is 1010. The number of nitrogens with one attached hydrogen (secondary N) is 1. The highest BCUT2D eigenvalue weighted by Gasteiger charge is 2.25. The van der Waals surface area contributed by atoms with E-state index in [4.69, 9.17) is 18.9 Å². The number of phenolic OH excluding ortho intramolecular Hbond substituents is 1. The zero-order chi connectivity index (χ0) is 17.7. The molecule has 26 heavy (non-hydrogen) atoms. The summed E-state index contributed by atoms with van der Waals surface area (Å²) >= 11 is 0. The van der Waals surface area contributed by atoms with E-state index in [2.05, 4.69) is 10.2 Å². The van der Waals surface area contributed by atoms with E-state index in [1.54, 1.807) is 12.1 Å². The van der Waals surface area contributed by atoms with Gasteiger partial charge in [0.05, 0.1) is 0 Å². The molecule has 2 aromatic carbocycles. The van der Waals surface area contributed by atoms with Gasteiger partial charge in [-0.25, -0.2) is 0 Å². The predicted octanol–water partition coefficient (Wildman–Crippen LogP) is 3.26. The number of phenols is 1. The van der Waals surface area contributed by atoms with Crippen LogP contribution in [0.3, 0.4) is 0 Å². The van der Waals surface area contributed by atoms with Crippen LogP contribution in [-0.2, 0) is 0 Å². The lowest BCUT2D eigenvalue weighted by atomic mass is 9.98. The number of nitrogens with zero attached hydrogens (tertiary/aromatic N) is 1. The molecule has 3 heterocycles. The molecule has 0 amide bonds. The minimum atomic E-state index is 0.0188. The Balaban J connectivity index is 1.66. The zero-order valence-electron chi connectivity index (χ0n) is 14.0. The van der Waals surface area contributed by atoms with Gasteiger partial charge in [-0.3, -0.25) is 5.10 Å². The smallest absolute Gasteiger partial charge is 0.231 e. The van der Waals surface area contributed by atoms with Crippen molar-refractivity contribution in [2.75, 3.05) is 20.0 Å². The summed E-state index contributed by atoms with van der Waals surface area (Å²) in [6.07, 6.45) is 0. The van der Waals surface area contributed by atoms with Gasteiger partial charge >= 0.3 is 0 Å². The maximum Gasteiger partial charge on any atom is 0.231 e. The Hall–Kier alpha value is -3.35. The van der Waals surface area contributed by atoms with Gasteiger partial charge in [0, 0.05) is 16.8 Å². The maximum atomic E-state index is 10.6. The van der Waals surface area contributed by atoms with Crippen LogP contribution in [0.25, 0.3) is 22.4 Å². The van der Waals surface area contributed by atoms with E-state index in [0.717, 1.165) is 22.6 Å². The quantitative estimate of drug-likeness (QED) is 0.736. The van der Waals surface area contributed by atoms with Crippen LogP contribution in [0.2, 0.25) is 0 Å². The molecule has 1 aromatic heterocycles. The van der Waals surface area contributed by atoms with Crippen LogP contribution in [0.4, 0.5) is 0 Å². The molecule has 0 unspecified atom stereocenters. The molecular formula is C19H16N2O5. The SMILES string of the molecule is Cc1[nH]nc(-c2ccc3c(c2O)OCO3)c1-c1ccc2c(c1)OCCO2. The molecule has 2 aliphatic rings. The minimum Gasteiger partial charge on any atom is -0.504 e. The molecule has 0 bridgehead atoms. The number of ether oxygens (including phenoxy) is 4. The molecule has 0 saturated carbocycles. The van der Waals surface area contributed by atoms with Gasteiger partial charge in [-0.15, -0.1) is 0 Å². The van der Waals surface area contributed by atoms with E-state index in [0.29, 0.717) is 41.7 Å². The normalized spacial score (nSPS) is 14.5. The van der Waals surface area contributed by atoms with Crippen LogP contribution in [0, 0.1) is 6.92 Å². The summed E-state index contributed by atoms with van der Waals surface area (Å²) in [6.45, 7) is 3.11. The minimum absolute atomic E-state index is 0.0188. The van der Waals surface area contributed by atoms with Gasteiger partial charge in [0.25, 0.3) is 0 Å². The molecule has 0 saturated heterocycles. The largest absolute Gasteiger partial charge is 0.504 e. The first-order chi connectivity index (χ1) is 12.7. The fraction of sp³-hybridized carbons (Fsp3) is 0.211. The third kappa shape index (κ3) is 2.17. The number of aromatic hydroxyl groups is 1. The summed E-state index contributed by atoms with van der Waals surface area (Å²) < 4.78 is 22.0. The van der Waals surface area contributed by atoms with E-state index >= 15 is 0 Å². The Morgan fingerprint density at radius 3 is 2.65 bits per heavy atom. The summed E-state index contributed by atoms with van der Waals surface area (Å²) in [6, 6.07) is 9.33. The summed E-state index contributed by atoms with van der Waals surface area (Å²) in [5, 5.41) is 18.0. The number of hydrogen-bond donors (Lipinski definition) is 2. The van der Waals surface area contributed by atoms with E-state index in [-0.39, 0.29) is 12.5 Å². The molecule has 132 valence electrons. The Morgan fingerprint density at radius 2 is 1.77 bits per heavy atom. The van der Waals surface area contributed by atoms with Crippen molar-refractivity contribution in [2.45, 2.75) is 6.92 Å². The van der Waals surface area contributed by atoms with Gasteiger partial charge in [-0.1, -0.05) is 6.07 Å². The number of aromatic nitrogens is 2. The third-order valence-corrected chi connectivity index (χ3v) is 4.55. The van der Waals surface area contributed by atoms with Crippen molar-refractivity contribution in [1.29, 1.82) is 0 Å². The molecule has 3 aromatic rings. The number of aryl methyl sites for hydroxylation is 1. The highest BCUT2D eigenvalue weighted by Crippen LogP contribution is 2.48. The number of benzene rings is 2. The zero-order valence-corrected chi connectivity index (χ0v) is 14.0. The van der Waals surface area contributed by atoms with Gasteiger partial charge in [-0.05, 0) is 36.8 Å². The van der Waals surface area contributed by atoms with Crippen molar-refractivity contribution < 1.29 is 24.1 Å². The average Bonchev–Trinajstić information content (AvgIpc) is 3.29. The lowest BCUT2D eigenvalue weighted by Crippen LogP contribution is -2.15. The molecule has 0 radical (unpaired) electrons. The van der Waals surface area contributed by atoms with Gasteiger partial charge in [0.2, 0.25) is 12.5 Å². The molecule has 0 fully saturated rings. The van der Waals surface area contributed by atoms with E-state index in [1.807, 2.05) is 25.1 Å². The second-order valence-electron chi connectivity index (χ2n) is 6.13. The van der Waals surface area contributed by atoms with Crippen molar-refractivity contribution in [3.63, 3.8) is 0 Å². The first kappa shape index (κ1) is 14.9. The number of hydrogen-bond acceptors (Lipinski definition) is 6. The first-order valence-corrected chi connectivity index (χ1v) is 8.29. The molecular weight excluding hydrogens is 336 g/mol. The van der Waals surface area contributed by atoms with Crippen molar-refractivity contribution in [2.24, 2.45) is 0 Å². The highest BCUT2D eigenvalue weighted by atomic mass is 16.7. The Kier molecular flexibility index (Phi) is 3.21. The summed E-state index contributed by atoms with van der Waals surface area (Å²) in [7, 11) is 0. The molecule has 7 nitrogen and oxygen atoms in total. The predicted molar refractivity (Wildman–Crippen MR) is 93.0 cm³/mol. The number of fused-ring (bicyclic) bond motifs is 2. The number of rotatable bonds is 2. The van der Waals surface area contributed by atoms with Crippen molar-refractivity contribution >= 4 is 0 Å². The van der Waals surface area contributed by atoms with Crippen LogP contribution in [-0.4, -0.2) is 35.3 Å². The van der Waals surface area contributed by atoms with Crippen molar-refractivity contribution in [1.82, 2.24) is 10.2 Å². The summed E-state index contributed by atoms with van der Waals surface area (Å²) in [4.78, 5) is 0. The van der Waals surface area contributed by atoms with Crippen LogP contribution in [0.5, 0.6) is 28.7 Å². The second kappa shape index (κ2) is 5.59. The molecule has 0 atom stereocenters. The van der Waals surface area contributed by atoms with Crippen molar-refractivity contribution in [3.8, 4) is 51.1 Å². The molecule has 0 spiro atoms. The number of H-pyrrole nitrogens is 1. The molecule has 5 rings (SSSR count). The van der Waals surface area contributed by atoms with Gasteiger partial charge in [0.1, 0.15) is 18.9 Å². The molecule has 0 aliphatic carbocycles. The first-order valence-electron chi connectivity index (χ1n) is 8.29. The van der Waals surface area contributed by atoms with E-state index < -0.39 is 0 Å². The summed E-state index contributed by atoms with van der Waals surface area (Å²) in [5.74, 6) is 2.32. The van der Waals surface area contributed by atoms with Crippen molar-refractivity contribution in [3.05, 3.63) is 36.0 Å². The molecule has 2 N–H and O–H groups in total. The van der Waals surface area contributed by atoms with Crippen LogP contribution in [0.15, 0.2) is 30.3 Å². The fourth-order valence-electron chi connectivity index (χ4n) is 3.32. The topological polar surface area (TPSA) is 85.8 Å². The van der Waals surface area contributed by atoms with Crippen LogP contribution in [0.1, 0.15) is 5.69 Å². The summed E-state index contributed by atoms with van der Waals surface area (Å²) in [5.41, 5.74) is 3.90. The second-order valence-corrected chi connectivity index (χ2v) is 6.13. The van der Waals surface area contributed by atoms with Gasteiger partial charge < -0.3 is 24.1 Å². The Labute approximate surface area is 149 Å². The standard InChI is InChI=1S/C19H16N2O5/c1-10-16(11-2-4-13-15(8-11)24-7-6-23-13)17(21-20-10)12-3-5-14-19(18(12)22)26-9-25-14/h2-5,8,22H,6-7,9H2,1H3,(H,20,21). The van der Waals surface area contributed by atoms with Gasteiger partial charge in [-0.2, -0.15) is 5.10 Å². The Morgan fingerprint density at radius 1 is 0.962 bits per heavy atom. The van der Waals surface area contributed by atoms with E-state index in [1.165, 1.54) is 0 Å². The van der Waals surface area contributed by atoms with Gasteiger partial charge in [0.15, 0.2) is 23.0 Å². The lowest BCUT2D eigenvalue weighted by Gasteiger charge is -2.19.